The van der Waals surface area contributed by atoms with Gasteiger partial charge in [-0.15, -0.1) is 0 Å². The second-order valence-corrected chi connectivity index (χ2v) is 6.84. The Morgan fingerprint density at radius 3 is 2.40 bits per heavy atom. The van der Waals surface area contributed by atoms with Crippen molar-refractivity contribution in [2.75, 3.05) is 18.0 Å². The molecule has 8 nitrogen and oxygen atoms in total. The molecule has 1 saturated heterocycles. The third kappa shape index (κ3) is 4.80. The Bertz CT molecular complexity index is 589. The largest absolute Gasteiger partial charge is 0.481 e. The Kier molecular flexibility index (Phi) is 5.67. The van der Waals surface area contributed by atoms with Crippen molar-refractivity contribution in [3.8, 4) is 0 Å². The first-order valence-corrected chi connectivity index (χ1v) is 8.93. The van der Waals surface area contributed by atoms with Crippen LogP contribution in [0.25, 0.3) is 0 Å². The van der Waals surface area contributed by atoms with Gasteiger partial charge in [-0.1, -0.05) is 0 Å². The normalized spacial score (nSPS) is 26.7. The SMILES string of the molecule is O=C(NC1CCC(C(=O)O)CC1)NC1CCCN(c2ncccn2)C1. The first kappa shape index (κ1) is 17.4. The molecule has 0 aromatic carbocycles. The molecule has 136 valence electrons. The molecule has 3 N–H and O–H groups in total. The van der Waals surface area contributed by atoms with Crippen molar-refractivity contribution in [3.63, 3.8) is 0 Å². The summed E-state index contributed by atoms with van der Waals surface area (Å²) < 4.78 is 0. The summed E-state index contributed by atoms with van der Waals surface area (Å²) >= 11 is 0. The number of urea groups is 1. The molecule has 0 bridgehead atoms. The summed E-state index contributed by atoms with van der Waals surface area (Å²) in [5.41, 5.74) is 0. The van der Waals surface area contributed by atoms with Gasteiger partial charge in [0.2, 0.25) is 5.95 Å². The van der Waals surface area contributed by atoms with Crippen LogP contribution < -0.4 is 15.5 Å². The minimum absolute atomic E-state index is 0.0627. The van der Waals surface area contributed by atoms with Crippen LogP contribution in [0, 0.1) is 5.92 Å². The van der Waals surface area contributed by atoms with Gasteiger partial charge >= 0.3 is 12.0 Å². The summed E-state index contributed by atoms with van der Waals surface area (Å²) in [5, 5.41) is 15.1. The maximum Gasteiger partial charge on any atom is 0.315 e. The molecule has 25 heavy (non-hydrogen) atoms. The van der Waals surface area contributed by atoms with Crippen LogP contribution >= 0.6 is 0 Å². The lowest BCUT2D eigenvalue weighted by Crippen LogP contribution is -2.53. The molecule has 0 radical (unpaired) electrons. The third-order valence-electron chi connectivity index (χ3n) is 5.00. The lowest BCUT2D eigenvalue weighted by molar-refractivity contribution is -0.142. The van der Waals surface area contributed by atoms with E-state index in [0.717, 1.165) is 32.2 Å². The van der Waals surface area contributed by atoms with E-state index in [2.05, 4.69) is 25.5 Å². The number of hydrogen-bond acceptors (Lipinski definition) is 5. The van der Waals surface area contributed by atoms with E-state index in [-0.39, 0.29) is 24.0 Å². The number of carboxylic acid groups (broad SMARTS) is 1. The van der Waals surface area contributed by atoms with E-state index in [4.69, 9.17) is 5.11 Å². The fourth-order valence-corrected chi connectivity index (χ4v) is 3.63. The van der Waals surface area contributed by atoms with Gasteiger partial charge in [0.1, 0.15) is 0 Å². The number of nitrogens with one attached hydrogen (secondary N) is 2. The molecule has 1 aromatic rings. The summed E-state index contributed by atoms with van der Waals surface area (Å²) in [4.78, 5) is 33.9. The van der Waals surface area contributed by atoms with Gasteiger partial charge in [0.05, 0.1) is 5.92 Å². The van der Waals surface area contributed by atoms with Crippen LogP contribution in [0.15, 0.2) is 18.5 Å². The molecule has 1 atom stereocenters. The van der Waals surface area contributed by atoms with Crippen molar-refractivity contribution < 1.29 is 14.7 Å². The number of aliphatic carboxylic acids is 1. The number of anilines is 1. The van der Waals surface area contributed by atoms with Gasteiger partial charge in [-0.2, -0.15) is 0 Å². The fourth-order valence-electron chi connectivity index (χ4n) is 3.63. The van der Waals surface area contributed by atoms with Gasteiger partial charge in [0.15, 0.2) is 0 Å². The molecule has 2 amide bonds. The first-order valence-electron chi connectivity index (χ1n) is 8.93. The predicted octanol–water partition coefficient (Wildman–Crippen LogP) is 1.39. The van der Waals surface area contributed by atoms with E-state index in [9.17, 15) is 9.59 Å². The van der Waals surface area contributed by atoms with Gasteiger partial charge in [-0.3, -0.25) is 4.79 Å². The van der Waals surface area contributed by atoms with Crippen molar-refractivity contribution in [1.29, 1.82) is 0 Å². The van der Waals surface area contributed by atoms with Crippen LogP contribution in [0.4, 0.5) is 10.7 Å². The van der Waals surface area contributed by atoms with Crippen LogP contribution in [0.2, 0.25) is 0 Å². The van der Waals surface area contributed by atoms with Gasteiger partial charge in [-0.25, -0.2) is 14.8 Å². The highest BCUT2D eigenvalue weighted by atomic mass is 16.4. The number of piperidine rings is 1. The Balaban J connectivity index is 1.44. The van der Waals surface area contributed by atoms with Gasteiger partial charge in [0.25, 0.3) is 0 Å². The summed E-state index contributed by atoms with van der Waals surface area (Å²) in [5.74, 6) is -0.298. The van der Waals surface area contributed by atoms with Gasteiger partial charge in [-0.05, 0) is 44.6 Å². The smallest absolute Gasteiger partial charge is 0.315 e. The highest BCUT2D eigenvalue weighted by Crippen LogP contribution is 2.24. The van der Waals surface area contributed by atoms with Crippen LogP contribution in [0.1, 0.15) is 38.5 Å². The molecule has 1 saturated carbocycles. The molecule has 1 aliphatic heterocycles. The number of hydrogen-bond donors (Lipinski definition) is 3. The second-order valence-electron chi connectivity index (χ2n) is 6.84. The minimum atomic E-state index is -0.728. The second kappa shape index (κ2) is 8.13. The van der Waals surface area contributed by atoms with E-state index < -0.39 is 5.97 Å². The minimum Gasteiger partial charge on any atom is -0.481 e. The van der Waals surface area contributed by atoms with E-state index in [0.29, 0.717) is 25.3 Å². The number of aromatic nitrogens is 2. The number of rotatable bonds is 4. The van der Waals surface area contributed by atoms with E-state index in [1.54, 1.807) is 18.5 Å². The van der Waals surface area contributed by atoms with Gasteiger partial charge < -0.3 is 20.6 Å². The Labute approximate surface area is 147 Å². The number of carboxylic acids is 1. The maximum absolute atomic E-state index is 12.2. The molecule has 1 unspecified atom stereocenters. The summed E-state index contributed by atoms with van der Waals surface area (Å²) in [6.45, 7) is 1.59. The number of carbonyl (C=O) groups excluding carboxylic acids is 1. The molecule has 2 heterocycles. The lowest BCUT2D eigenvalue weighted by atomic mass is 9.86. The fraction of sp³-hybridized carbons (Fsp3) is 0.647. The zero-order chi connectivity index (χ0) is 17.6. The van der Waals surface area contributed by atoms with Gasteiger partial charge in [0, 0.05) is 37.6 Å². The summed E-state index contributed by atoms with van der Waals surface area (Å²) in [7, 11) is 0. The van der Waals surface area contributed by atoms with Crippen LogP contribution in [0.5, 0.6) is 0 Å². The molecule has 3 rings (SSSR count). The Hall–Kier alpha value is -2.38. The van der Waals surface area contributed by atoms with E-state index >= 15 is 0 Å². The van der Waals surface area contributed by atoms with Crippen LogP contribution in [0.3, 0.4) is 0 Å². The predicted molar refractivity (Wildman–Crippen MR) is 92.3 cm³/mol. The molecular formula is C17H25N5O3. The number of nitrogens with zero attached hydrogens (tertiary/aromatic N) is 3. The Morgan fingerprint density at radius 1 is 1.04 bits per heavy atom. The summed E-state index contributed by atoms with van der Waals surface area (Å²) in [6, 6.07) is 1.75. The van der Waals surface area contributed by atoms with Crippen LogP contribution in [-0.2, 0) is 4.79 Å². The van der Waals surface area contributed by atoms with Crippen LogP contribution in [-0.4, -0.2) is 52.2 Å². The first-order chi connectivity index (χ1) is 12.1. The molecule has 1 aromatic heterocycles. The molecule has 1 aliphatic carbocycles. The van der Waals surface area contributed by atoms with Crippen molar-refractivity contribution in [2.45, 2.75) is 50.6 Å². The Morgan fingerprint density at radius 2 is 1.72 bits per heavy atom. The van der Waals surface area contributed by atoms with E-state index in [1.807, 2.05) is 0 Å². The highest BCUT2D eigenvalue weighted by molar-refractivity contribution is 5.75. The molecule has 0 spiro atoms. The molecule has 8 heteroatoms. The maximum atomic E-state index is 12.2. The standard InChI is InChI=1S/C17H25N5O3/c23-15(24)12-4-6-13(7-5-12)20-17(25)21-14-3-1-10-22(11-14)16-18-8-2-9-19-16/h2,8-9,12-14H,1,3-7,10-11H2,(H,23,24)(H2,20,21,25). The molecular weight excluding hydrogens is 322 g/mol. The zero-order valence-electron chi connectivity index (χ0n) is 14.2. The molecule has 2 aliphatic rings. The highest BCUT2D eigenvalue weighted by Gasteiger charge is 2.28. The van der Waals surface area contributed by atoms with Crippen molar-refractivity contribution >= 4 is 17.9 Å². The quantitative estimate of drug-likeness (QED) is 0.760. The summed E-state index contributed by atoms with van der Waals surface area (Å²) in [6.07, 6.45) is 8.05. The topological polar surface area (TPSA) is 107 Å². The number of carbonyl (C=O) groups is 2. The third-order valence-corrected chi connectivity index (χ3v) is 5.00. The lowest BCUT2D eigenvalue weighted by Gasteiger charge is -2.34. The monoisotopic (exact) mass is 347 g/mol. The zero-order valence-corrected chi connectivity index (χ0v) is 14.2. The average molecular weight is 347 g/mol. The number of amides is 2. The molecule has 2 fully saturated rings. The van der Waals surface area contributed by atoms with Crippen molar-refractivity contribution in [3.05, 3.63) is 18.5 Å². The van der Waals surface area contributed by atoms with Crippen molar-refractivity contribution in [2.24, 2.45) is 5.92 Å². The average Bonchev–Trinajstić information content (AvgIpc) is 2.63. The van der Waals surface area contributed by atoms with Crippen molar-refractivity contribution in [1.82, 2.24) is 20.6 Å². The van der Waals surface area contributed by atoms with E-state index in [1.165, 1.54) is 0 Å².